The van der Waals surface area contributed by atoms with Gasteiger partial charge in [-0.15, -0.1) is 0 Å². The highest BCUT2D eigenvalue weighted by atomic mass is 32.2. The van der Waals surface area contributed by atoms with Crippen molar-refractivity contribution in [2.45, 2.75) is 31.7 Å². The Kier molecular flexibility index (Phi) is 5.33. The molecule has 1 heterocycles. The first-order valence-corrected chi connectivity index (χ1v) is 8.41. The highest BCUT2D eigenvalue weighted by Crippen LogP contribution is 2.23. The van der Waals surface area contributed by atoms with E-state index in [4.69, 9.17) is 0 Å². The molecule has 0 aromatic carbocycles. The molecule has 0 unspecified atom stereocenters. The molecule has 0 radical (unpaired) electrons. The Morgan fingerprint density at radius 2 is 2.05 bits per heavy atom. The molecule has 1 aliphatic carbocycles. The summed E-state index contributed by atoms with van der Waals surface area (Å²) in [6, 6.07) is 5.72. The first-order valence-electron chi connectivity index (χ1n) is 6.97. The molecule has 1 aromatic heterocycles. The zero-order valence-corrected chi connectivity index (χ0v) is 12.6. The van der Waals surface area contributed by atoms with Crippen LogP contribution in [0.5, 0.6) is 0 Å². The zero-order chi connectivity index (χ0) is 14.4. The Labute approximate surface area is 120 Å². The third kappa shape index (κ3) is 4.16. The standard InChI is InChI=1S/C13H22N4O2S/c1-17(12-6-2-3-7-12)20(18,19)16-11-10-15-13-8-4-5-9-14-13/h4-5,8-9,12,16H,2-3,6-7,10-11H2,1H3,(H,14,15). The number of rotatable bonds is 7. The second kappa shape index (κ2) is 7.01. The van der Waals surface area contributed by atoms with Gasteiger partial charge in [-0.25, -0.2) is 9.71 Å². The second-order valence-electron chi connectivity index (χ2n) is 5.00. The lowest BCUT2D eigenvalue weighted by molar-refractivity contribution is 0.367. The first-order chi connectivity index (χ1) is 9.59. The fourth-order valence-electron chi connectivity index (χ4n) is 2.40. The van der Waals surface area contributed by atoms with Gasteiger partial charge in [-0.1, -0.05) is 18.9 Å². The number of anilines is 1. The van der Waals surface area contributed by atoms with Gasteiger partial charge in [0, 0.05) is 32.4 Å². The molecule has 2 rings (SSSR count). The average molecular weight is 298 g/mol. The number of hydrogen-bond acceptors (Lipinski definition) is 4. The van der Waals surface area contributed by atoms with Gasteiger partial charge < -0.3 is 5.32 Å². The molecule has 0 saturated heterocycles. The van der Waals surface area contributed by atoms with Crippen LogP contribution < -0.4 is 10.0 Å². The summed E-state index contributed by atoms with van der Waals surface area (Å²) in [5.74, 6) is 0.746. The van der Waals surface area contributed by atoms with E-state index in [0.717, 1.165) is 31.5 Å². The number of pyridine rings is 1. The Balaban J connectivity index is 1.74. The van der Waals surface area contributed by atoms with Crippen LogP contribution in [0.3, 0.4) is 0 Å². The Bertz CT molecular complexity index is 500. The summed E-state index contributed by atoms with van der Waals surface area (Å²) >= 11 is 0. The van der Waals surface area contributed by atoms with Crippen LogP contribution in [0, 0.1) is 0 Å². The molecule has 6 nitrogen and oxygen atoms in total. The lowest BCUT2D eigenvalue weighted by Gasteiger charge is -2.23. The van der Waals surface area contributed by atoms with Crippen LogP contribution in [0.2, 0.25) is 0 Å². The van der Waals surface area contributed by atoms with E-state index in [9.17, 15) is 8.42 Å². The summed E-state index contributed by atoms with van der Waals surface area (Å²) in [6.45, 7) is 0.852. The maximum Gasteiger partial charge on any atom is 0.279 e. The SMILES string of the molecule is CN(C1CCCC1)S(=O)(=O)NCCNc1ccccn1. The summed E-state index contributed by atoms with van der Waals surface area (Å²) in [5, 5.41) is 3.07. The van der Waals surface area contributed by atoms with Gasteiger partial charge in [0.1, 0.15) is 5.82 Å². The van der Waals surface area contributed by atoms with Gasteiger partial charge in [0.15, 0.2) is 0 Å². The average Bonchev–Trinajstić information content (AvgIpc) is 2.98. The van der Waals surface area contributed by atoms with Crippen LogP contribution in [-0.4, -0.2) is 43.9 Å². The zero-order valence-electron chi connectivity index (χ0n) is 11.7. The predicted octanol–water partition coefficient (Wildman–Crippen LogP) is 1.20. The Morgan fingerprint density at radius 3 is 2.70 bits per heavy atom. The van der Waals surface area contributed by atoms with Crippen LogP contribution in [0.25, 0.3) is 0 Å². The molecule has 0 amide bonds. The topological polar surface area (TPSA) is 74.3 Å². The van der Waals surface area contributed by atoms with Crippen LogP contribution in [0.4, 0.5) is 5.82 Å². The maximum atomic E-state index is 12.1. The smallest absolute Gasteiger partial charge is 0.279 e. The molecular formula is C13H22N4O2S. The molecule has 0 atom stereocenters. The van der Waals surface area contributed by atoms with E-state index in [1.54, 1.807) is 13.2 Å². The molecule has 0 bridgehead atoms. The van der Waals surface area contributed by atoms with Crippen molar-refractivity contribution in [1.82, 2.24) is 14.0 Å². The van der Waals surface area contributed by atoms with E-state index in [1.165, 1.54) is 4.31 Å². The highest BCUT2D eigenvalue weighted by Gasteiger charge is 2.27. The minimum absolute atomic E-state index is 0.149. The normalized spacial score (nSPS) is 16.7. The van der Waals surface area contributed by atoms with Crippen molar-refractivity contribution in [3.8, 4) is 0 Å². The largest absolute Gasteiger partial charge is 0.369 e. The number of hydrogen-bond donors (Lipinski definition) is 2. The van der Waals surface area contributed by atoms with Crippen LogP contribution in [-0.2, 0) is 10.2 Å². The van der Waals surface area contributed by atoms with Gasteiger partial charge in [0.2, 0.25) is 0 Å². The molecule has 0 aliphatic heterocycles. The van der Waals surface area contributed by atoms with E-state index < -0.39 is 10.2 Å². The summed E-state index contributed by atoms with van der Waals surface area (Å²) in [7, 11) is -1.72. The summed E-state index contributed by atoms with van der Waals surface area (Å²) in [5.41, 5.74) is 0. The third-order valence-corrected chi connectivity index (χ3v) is 5.22. The molecule has 112 valence electrons. The molecule has 1 aliphatic rings. The van der Waals surface area contributed by atoms with Crippen molar-refractivity contribution >= 4 is 16.0 Å². The van der Waals surface area contributed by atoms with Gasteiger partial charge in [-0.2, -0.15) is 12.7 Å². The van der Waals surface area contributed by atoms with Gasteiger partial charge in [0.25, 0.3) is 10.2 Å². The molecule has 1 fully saturated rings. The van der Waals surface area contributed by atoms with Crippen molar-refractivity contribution in [2.75, 3.05) is 25.5 Å². The number of nitrogens with zero attached hydrogens (tertiary/aromatic N) is 2. The van der Waals surface area contributed by atoms with Gasteiger partial charge in [-0.05, 0) is 25.0 Å². The Morgan fingerprint density at radius 1 is 1.30 bits per heavy atom. The molecule has 2 N–H and O–H groups in total. The fourth-order valence-corrected chi connectivity index (χ4v) is 3.57. The maximum absolute atomic E-state index is 12.1. The summed E-state index contributed by atoms with van der Waals surface area (Å²) < 4.78 is 28.3. The summed E-state index contributed by atoms with van der Waals surface area (Å²) in [6.07, 6.45) is 5.85. The van der Waals surface area contributed by atoms with Crippen LogP contribution >= 0.6 is 0 Å². The highest BCUT2D eigenvalue weighted by molar-refractivity contribution is 7.87. The van der Waals surface area contributed by atoms with E-state index in [1.807, 2.05) is 18.2 Å². The molecule has 1 saturated carbocycles. The van der Waals surface area contributed by atoms with E-state index in [2.05, 4.69) is 15.0 Å². The number of nitrogens with one attached hydrogen (secondary N) is 2. The van der Waals surface area contributed by atoms with E-state index in [-0.39, 0.29) is 6.04 Å². The monoisotopic (exact) mass is 298 g/mol. The lowest BCUT2D eigenvalue weighted by Crippen LogP contribution is -2.44. The van der Waals surface area contributed by atoms with Crippen molar-refractivity contribution in [3.63, 3.8) is 0 Å². The second-order valence-corrected chi connectivity index (χ2v) is 6.81. The van der Waals surface area contributed by atoms with Crippen molar-refractivity contribution in [3.05, 3.63) is 24.4 Å². The van der Waals surface area contributed by atoms with Gasteiger partial charge >= 0.3 is 0 Å². The van der Waals surface area contributed by atoms with E-state index in [0.29, 0.717) is 13.1 Å². The number of aromatic nitrogens is 1. The minimum atomic E-state index is -3.38. The van der Waals surface area contributed by atoms with E-state index >= 15 is 0 Å². The molecular weight excluding hydrogens is 276 g/mol. The van der Waals surface area contributed by atoms with Gasteiger partial charge in [0.05, 0.1) is 0 Å². The minimum Gasteiger partial charge on any atom is -0.369 e. The predicted molar refractivity (Wildman–Crippen MR) is 79.7 cm³/mol. The van der Waals surface area contributed by atoms with Crippen molar-refractivity contribution in [1.29, 1.82) is 0 Å². The molecule has 1 aromatic rings. The van der Waals surface area contributed by atoms with Crippen molar-refractivity contribution < 1.29 is 8.42 Å². The molecule has 20 heavy (non-hydrogen) atoms. The lowest BCUT2D eigenvalue weighted by atomic mass is 10.3. The quantitative estimate of drug-likeness (QED) is 0.742. The molecule has 0 spiro atoms. The fraction of sp³-hybridized carbons (Fsp3) is 0.615. The Hall–Kier alpha value is -1.18. The van der Waals surface area contributed by atoms with Crippen LogP contribution in [0.15, 0.2) is 24.4 Å². The first kappa shape index (κ1) is 15.2. The van der Waals surface area contributed by atoms with Crippen molar-refractivity contribution in [2.24, 2.45) is 0 Å². The third-order valence-electron chi connectivity index (χ3n) is 3.60. The summed E-state index contributed by atoms with van der Waals surface area (Å²) in [4.78, 5) is 4.11. The van der Waals surface area contributed by atoms with Crippen LogP contribution in [0.1, 0.15) is 25.7 Å². The van der Waals surface area contributed by atoms with Gasteiger partial charge in [-0.3, -0.25) is 0 Å². The molecule has 7 heteroatoms.